The first kappa shape index (κ1) is 10.6. The van der Waals surface area contributed by atoms with Crippen molar-refractivity contribution >= 4 is 5.69 Å². The van der Waals surface area contributed by atoms with E-state index in [1.165, 1.54) is 24.3 Å². The molecule has 0 spiro atoms. The average molecular weight is 219 g/mol. The van der Waals surface area contributed by atoms with Crippen molar-refractivity contribution < 1.29 is 8.78 Å². The molecule has 0 bridgehead atoms. The summed E-state index contributed by atoms with van der Waals surface area (Å²) in [5, 5.41) is 3.08. The highest BCUT2D eigenvalue weighted by atomic mass is 19.1. The molecule has 2 aromatic rings. The minimum Gasteiger partial charge on any atom is -0.381 e. The Hall–Kier alpha value is -1.90. The van der Waals surface area contributed by atoms with Crippen molar-refractivity contribution in [2.45, 2.75) is 6.54 Å². The lowest BCUT2D eigenvalue weighted by Gasteiger charge is -2.06. The Morgan fingerprint density at radius 2 is 1.62 bits per heavy atom. The second kappa shape index (κ2) is 4.75. The van der Waals surface area contributed by atoms with E-state index in [4.69, 9.17) is 0 Å². The molecular weight excluding hydrogens is 208 g/mol. The minimum atomic E-state index is -0.267. The first-order valence-corrected chi connectivity index (χ1v) is 4.98. The molecule has 3 heteroatoms. The van der Waals surface area contributed by atoms with Gasteiger partial charge in [0.2, 0.25) is 0 Å². The van der Waals surface area contributed by atoms with Gasteiger partial charge in [0, 0.05) is 12.2 Å². The zero-order valence-corrected chi connectivity index (χ0v) is 8.58. The number of hydrogen-bond acceptors (Lipinski definition) is 1. The molecule has 82 valence electrons. The predicted octanol–water partition coefficient (Wildman–Crippen LogP) is 3.58. The topological polar surface area (TPSA) is 12.0 Å². The Morgan fingerprint density at radius 1 is 0.875 bits per heavy atom. The third-order valence-electron chi connectivity index (χ3n) is 2.23. The van der Waals surface area contributed by atoms with Gasteiger partial charge >= 0.3 is 0 Å². The van der Waals surface area contributed by atoms with E-state index in [9.17, 15) is 8.78 Å². The number of hydrogen-bond donors (Lipinski definition) is 1. The first-order valence-electron chi connectivity index (χ1n) is 4.98. The number of benzene rings is 2. The highest BCUT2D eigenvalue weighted by Crippen LogP contribution is 2.11. The van der Waals surface area contributed by atoms with E-state index in [-0.39, 0.29) is 11.6 Å². The van der Waals surface area contributed by atoms with E-state index in [0.717, 1.165) is 11.3 Å². The van der Waals surface area contributed by atoms with E-state index in [0.29, 0.717) is 6.54 Å². The van der Waals surface area contributed by atoms with Gasteiger partial charge in [-0.2, -0.15) is 0 Å². The van der Waals surface area contributed by atoms with Crippen molar-refractivity contribution in [1.82, 2.24) is 0 Å². The maximum absolute atomic E-state index is 12.9. The van der Waals surface area contributed by atoms with Crippen molar-refractivity contribution in [1.29, 1.82) is 0 Å². The molecule has 0 atom stereocenters. The number of nitrogens with one attached hydrogen (secondary N) is 1. The standard InChI is InChI=1S/C13H11F2N/c14-11-4-6-13(7-5-11)16-9-10-2-1-3-12(15)8-10/h1-8,16H,9H2. The second-order valence-electron chi connectivity index (χ2n) is 3.49. The van der Waals surface area contributed by atoms with Crippen molar-refractivity contribution in [2.24, 2.45) is 0 Å². The summed E-state index contributed by atoms with van der Waals surface area (Å²) in [6.45, 7) is 0.517. The van der Waals surface area contributed by atoms with Crippen LogP contribution in [0.3, 0.4) is 0 Å². The molecule has 2 rings (SSSR count). The molecule has 0 aliphatic heterocycles. The van der Waals surface area contributed by atoms with Gasteiger partial charge in [0.05, 0.1) is 0 Å². The van der Waals surface area contributed by atoms with Gasteiger partial charge in [0.15, 0.2) is 0 Å². The van der Waals surface area contributed by atoms with Crippen LogP contribution < -0.4 is 5.32 Å². The van der Waals surface area contributed by atoms with Crippen molar-refractivity contribution in [2.75, 3.05) is 5.32 Å². The lowest BCUT2D eigenvalue weighted by atomic mass is 10.2. The molecule has 0 radical (unpaired) electrons. The molecule has 0 aromatic heterocycles. The van der Waals surface area contributed by atoms with E-state index in [1.807, 2.05) is 6.07 Å². The van der Waals surface area contributed by atoms with Gasteiger partial charge in [0.1, 0.15) is 11.6 Å². The van der Waals surface area contributed by atoms with E-state index >= 15 is 0 Å². The summed E-state index contributed by atoms with van der Waals surface area (Å²) in [5.41, 5.74) is 1.66. The van der Waals surface area contributed by atoms with Crippen LogP contribution in [-0.4, -0.2) is 0 Å². The summed E-state index contributed by atoms with van der Waals surface area (Å²) in [7, 11) is 0. The Labute approximate surface area is 92.7 Å². The third kappa shape index (κ3) is 2.79. The summed E-state index contributed by atoms with van der Waals surface area (Å²) in [4.78, 5) is 0. The summed E-state index contributed by atoms with van der Waals surface area (Å²) in [5.74, 6) is -0.519. The van der Waals surface area contributed by atoms with Crippen LogP contribution in [0.5, 0.6) is 0 Å². The second-order valence-corrected chi connectivity index (χ2v) is 3.49. The fraction of sp³-hybridized carbons (Fsp3) is 0.0769. The summed E-state index contributed by atoms with van der Waals surface area (Å²) in [6, 6.07) is 12.4. The summed E-state index contributed by atoms with van der Waals surface area (Å²) in [6.07, 6.45) is 0. The zero-order valence-electron chi connectivity index (χ0n) is 8.58. The molecule has 0 amide bonds. The molecule has 1 N–H and O–H groups in total. The van der Waals surface area contributed by atoms with Gasteiger partial charge in [-0.15, -0.1) is 0 Å². The Morgan fingerprint density at radius 3 is 2.31 bits per heavy atom. The van der Waals surface area contributed by atoms with Gasteiger partial charge in [-0.05, 0) is 42.0 Å². The quantitative estimate of drug-likeness (QED) is 0.832. The third-order valence-corrected chi connectivity index (χ3v) is 2.23. The fourth-order valence-electron chi connectivity index (χ4n) is 1.42. The maximum Gasteiger partial charge on any atom is 0.123 e. The van der Waals surface area contributed by atoms with Crippen molar-refractivity contribution in [3.8, 4) is 0 Å². The smallest absolute Gasteiger partial charge is 0.123 e. The molecule has 0 fully saturated rings. The summed E-state index contributed by atoms with van der Waals surface area (Å²) >= 11 is 0. The minimum absolute atomic E-state index is 0.251. The molecular formula is C13H11F2N. The molecule has 2 aromatic carbocycles. The Kier molecular flexibility index (Phi) is 3.15. The highest BCUT2D eigenvalue weighted by Gasteiger charge is 1.96. The van der Waals surface area contributed by atoms with Gasteiger partial charge < -0.3 is 5.32 Å². The maximum atomic E-state index is 12.9. The highest BCUT2D eigenvalue weighted by molar-refractivity contribution is 5.43. The molecule has 0 saturated carbocycles. The van der Waals surface area contributed by atoms with Crippen LogP contribution in [0.1, 0.15) is 5.56 Å². The van der Waals surface area contributed by atoms with E-state index in [2.05, 4.69) is 5.32 Å². The van der Waals surface area contributed by atoms with Crippen LogP contribution in [0.25, 0.3) is 0 Å². The first-order chi connectivity index (χ1) is 7.74. The average Bonchev–Trinajstić information content (AvgIpc) is 2.28. The largest absolute Gasteiger partial charge is 0.381 e. The molecule has 0 aliphatic carbocycles. The van der Waals surface area contributed by atoms with Gasteiger partial charge in [0.25, 0.3) is 0 Å². The predicted molar refractivity (Wildman–Crippen MR) is 60.1 cm³/mol. The van der Waals surface area contributed by atoms with Crippen LogP contribution in [0.15, 0.2) is 48.5 Å². The molecule has 0 aliphatic rings. The SMILES string of the molecule is Fc1ccc(NCc2cccc(F)c2)cc1. The van der Waals surface area contributed by atoms with Crippen LogP contribution >= 0.6 is 0 Å². The van der Waals surface area contributed by atoms with Crippen LogP contribution in [0, 0.1) is 11.6 Å². The van der Waals surface area contributed by atoms with E-state index < -0.39 is 0 Å². The monoisotopic (exact) mass is 219 g/mol. The van der Waals surface area contributed by atoms with Crippen LogP contribution in [0.2, 0.25) is 0 Å². The lowest BCUT2D eigenvalue weighted by Crippen LogP contribution is -1.99. The number of halogens is 2. The number of rotatable bonds is 3. The normalized spacial score (nSPS) is 10.1. The van der Waals surface area contributed by atoms with Crippen molar-refractivity contribution in [3.63, 3.8) is 0 Å². The Bertz CT molecular complexity index is 466. The van der Waals surface area contributed by atoms with Gasteiger partial charge in [-0.1, -0.05) is 12.1 Å². The Balaban J connectivity index is 1.99. The molecule has 1 nitrogen and oxygen atoms in total. The van der Waals surface area contributed by atoms with E-state index in [1.54, 1.807) is 18.2 Å². The van der Waals surface area contributed by atoms with Gasteiger partial charge in [-0.25, -0.2) is 8.78 Å². The fourth-order valence-corrected chi connectivity index (χ4v) is 1.42. The van der Waals surface area contributed by atoms with Gasteiger partial charge in [-0.3, -0.25) is 0 Å². The van der Waals surface area contributed by atoms with Crippen LogP contribution in [0.4, 0.5) is 14.5 Å². The zero-order chi connectivity index (χ0) is 11.4. The molecule has 0 heterocycles. The number of anilines is 1. The molecule has 16 heavy (non-hydrogen) atoms. The summed E-state index contributed by atoms with van der Waals surface area (Å²) < 4.78 is 25.5. The molecule has 0 saturated heterocycles. The lowest BCUT2D eigenvalue weighted by molar-refractivity contribution is 0.626. The van der Waals surface area contributed by atoms with Crippen molar-refractivity contribution in [3.05, 3.63) is 65.7 Å². The molecule has 0 unspecified atom stereocenters. The van der Waals surface area contributed by atoms with Crippen LogP contribution in [-0.2, 0) is 6.54 Å².